The standard InChI is InChI=1S/C12H25NO2/c1-6-7-12(4,5)8-15-11(14)10(13)9(2)3/h9-10H,6-8,13H2,1-5H3. The number of carbonyl (C=O) groups excluding carboxylic acids is 1. The molecule has 0 aromatic rings. The molecule has 0 radical (unpaired) electrons. The minimum atomic E-state index is -0.498. The number of esters is 1. The normalized spacial score (nSPS) is 14.1. The lowest BCUT2D eigenvalue weighted by atomic mass is 9.89. The van der Waals surface area contributed by atoms with Gasteiger partial charge in [0.05, 0.1) is 6.61 Å². The number of rotatable bonds is 6. The maximum Gasteiger partial charge on any atom is 0.323 e. The van der Waals surface area contributed by atoms with Crippen LogP contribution in [0.5, 0.6) is 0 Å². The van der Waals surface area contributed by atoms with E-state index < -0.39 is 6.04 Å². The van der Waals surface area contributed by atoms with Gasteiger partial charge in [0.2, 0.25) is 0 Å². The lowest BCUT2D eigenvalue weighted by Crippen LogP contribution is -2.38. The number of hydrogen-bond donors (Lipinski definition) is 1. The minimum absolute atomic E-state index is 0.0567. The van der Waals surface area contributed by atoms with Crippen molar-refractivity contribution in [2.75, 3.05) is 6.61 Å². The first-order chi connectivity index (χ1) is 6.80. The van der Waals surface area contributed by atoms with Crippen LogP contribution in [0, 0.1) is 11.3 Å². The van der Waals surface area contributed by atoms with Gasteiger partial charge in [-0.25, -0.2) is 0 Å². The Morgan fingerprint density at radius 2 is 1.93 bits per heavy atom. The van der Waals surface area contributed by atoms with E-state index >= 15 is 0 Å². The molecular weight excluding hydrogens is 190 g/mol. The highest BCUT2D eigenvalue weighted by atomic mass is 16.5. The summed E-state index contributed by atoms with van der Waals surface area (Å²) in [5.41, 5.74) is 5.75. The van der Waals surface area contributed by atoms with Crippen molar-refractivity contribution in [3.63, 3.8) is 0 Å². The van der Waals surface area contributed by atoms with Crippen LogP contribution >= 0.6 is 0 Å². The Morgan fingerprint density at radius 3 is 2.33 bits per heavy atom. The van der Waals surface area contributed by atoms with E-state index in [4.69, 9.17) is 10.5 Å². The van der Waals surface area contributed by atoms with Crippen molar-refractivity contribution in [3.05, 3.63) is 0 Å². The van der Waals surface area contributed by atoms with E-state index in [1.165, 1.54) is 0 Å². The molecule has 0 saturated carbocycles. The molecule has 0 aliphatic rings. The fourth-order valence-corrected chi connectivity index (χ4v) is 1.38. The maximum absolute atomic E-state index is 11.5. The monoisotopic (exact) mass is 215 g/mol. The third-order valence-electron chi connectivity index (χ3n) is 2.52. The Balaban J connectivity index is 4.00. The second-order valence-corrected chi connectivity index (χ2v) is 5.29. The van der Waals surface area contributed by atoms with E-state index in [0.29, 0.717) is 6.61 Å². The predicted octanol–water partition coefficient (Wildman–Crippen LogP) is 2.34. The topological polar surface area (TPSA) is 52.3 Å². The summed E-state index contributed by atoms with van der Waals surface area (Å²) in [4.78, 5) is 11.5. The van der Waals surface area contributed by atoms with Crippen molar-refractivity contribution in [3.8, 4) is 0 Å². The van der Waals surface area contributed by atoms with Gasteiger partial charge in [-0.15, -0.1) is 0 Å². The van der Waals surface area contributed by atoms with Gasteiger partial charge in [0, 0.05) is 0 Å². The molecule has 1 atom stereocenters. The summed E-state index contributed by atoms with van der Waals surface area (Å²) in [5, 5.41) is 0. The van der Waals surface area contributed by atoms with E-state index in [1.807, 2.05) is 13.8 Å². The molecule has 0 fully saturated rings. The van der Waals surface area contributed by atoms with Gasteiger partial charge < -0.3 is 10.5 Å². The highest BCUT2D eigenvalue weighted by molar-refractivity contribution is 5.75. The van der Waals surface area contributed by atoms with Crippen LogP contribution in [-0.2, 0) is 9.53 Å². The molecule has 3 heteroatoms. The Kier molecular flexibility index (Phi) is 5.88. The van der Waals surface area contributed by atoms with Gasteiger partial charge in [-0.2, -0.15) is 0 Å². The summed E-state index contributed by atoms with van der Waals surface area (Å²) in [7, 11) is 0. The molecule has 0 rings (SSSR count). The molecule has 0 aromatic heterocycles. The molecule has 0 bridgehead atoms. The first-order valence-corrected chi connectivity index (χ1v) is 5.72. The lowest BCUT2D eigenvalue weighted by molar-refractivity contribution is -0.149. The molecule has 1 unspecified atom stereocenters. The Hall–Kier alpha value is -0.570. The fraction of sp³-hybridized carbons (Fsp3) is 0.917. The van der Waals surface area contributed by atoms with Crippen LogP contribution in [-0.4, -0.2) is 18.6 Å². The Morgan fingerprint density at radius 1 is 1.40 bits per heavy atom. The Bertz CT molecular complexity index is 200. The van der Waals surface area contributed by atoms with Crippen LogP contribution in [0.15, 0.2) is 0 Å². The SMILES string of the molecule is CCCC(C)(C)COC(=O)C(N)C(C)C. The largest absolute Gasteiger partial charge is 0.464 e. The summed E-state index contributed by atoms with van der Waals surface area (Å²) in [5.74, 6) is -0.152. The average molecular weight is 215 g/mol. The van der Waals surface area contributed by atoms with Gasteiger partial charge in [-0.05, 0) is 17.8 Å². The van der Waals surface area contributed by atoms with Crippen molar-refractivity contribution in [1.82, 2.24) is 0 Å². The summed E-state index contributed by atoms with van der Waals surface area (Å²) in [6, 6.07) is -0.498. The van der Waals surface area contributed by atoms with Gasteiger partial charge in [-0.1, -0.05) is 41.0 Å². The van der Waals surface area contributed by atoms with E-state index in [-0.39, 0.29) is 17.3 Å². The molecule has 0 aliphatic carbocycles. The molecule has 3 nitrogen and oxygen atoms in total. The molecular formula is C12H25NO2. The van der Waals surface area contributed by atoms with Crippen molar-refractivity contribution in [2.45, 2.75) is 53.5 Å². The van der Waals surface area contributed by atoms with E-state index in [9.17, 15) is 4.79 Å². The molecule has 90 valence electrons. The molecule has 0 aromatic carbocycles. The molecule has 0 saturated heterocycles. The zero-order valence-electron chi connectivity index (χ0n) is 10.7. The predicted molar refractivity (Wildman–Crippen MR) is 62.5 cm³/mol. The zero-order chi connectivity index (χ0) is 12.1. The zero-order valence-corrected chi connectivity index (χ0v) is 10.7. The van der Waals surface area contributed by atoms with Gasteiger partial charge in [0.1, 0.15) is 6.04 Å². The smallest absolute Gasteiger partial charge is 0.323 e. The quantitative estimate of drug-likeness (QED) is 0.692. The average Bonchev–Trinajstić information content (AvgIpc) is 2.13. The second kappa shape index (κ2) is 6.11. The van der Waals surface area contributed by atoms with Crippen LogP contribution in [0.4, 0.5) is 0 Å². The van der Waals surface area contributed by atoms with Gasteiger partial charge in [0.25, 0.3) is 0 Å². The summed E-state index contributed by atoms with van der Waals surface area (Å²) in [6.45, 7) is 10.6. The highest BCUT2D eigenvalue weighted by Gasteiger charge is 2.23. The number of ether oxygens (including phenoxy) is 1. The summed E-state index contributed by atoms with van der Waals surface area (Å²) < 4.78 is 5.22. The second-order valence-electron chi connectivity index (χ2n) is 5.29. The fourth-order valence-electron chi connectivity index (χ4n) is 1.38. The summed E-state index contributed by atoms with van der Waals surface area (Å²) >= 11 is 0. The van der Waals surface area contributed by atoms with Crippen molar-refractivity contribution < 1.29 is 9.53 Å². The molecule has 15 heavy (non-hydrogen) atoms. The maximum atomic E-state index is 11.5. The van der Waals surface area contributed by atoms with Crippen LogP contribution in [0.2, 0.25) is 0 Å². The number of nitrogens with two attached hydrogens (primary N) is 1. The summed E-state index contributed by atoms with van der Waals surface area (Å²) in [6.07, 6.45) is 2.15. The van der Waals surface area contributed by atoms with Gasteiger partial charge in [0.15, 0.2) is 0 Å². The molecule has 0 spiro atoms. The van der Waals surface area contributed by atoms with Crippen LogP contribution in [0.1, 0.15) is 47.5 Å². The van der Waals surface area contributed by atoms with Crippen molar-refractivity contribution in [2.24, 2.45) is 17.1 Å². The van der Waals surface area contributed by atoms with Crippen LogP contribution < -0.4 is 5.73 Å². The lowest BCUT2D eigenvalue weighted by Gasteiger charge is -2.24. The van der Waals surface area contributed by atoms with Crippen molar-refractivity contribution in [1.29, 1.82) is 0 Å². The van der Waals surface area contributed by atoms with Crippen molar-refractivity contribution >= 4 is 5.97 Å². The highest BCUT2D eigenvalue weighted by Crippen LogP contribution is 2.22. The minimum Gasteiger partial charge on any atom is -0.464 e. The molecule has 0 amide bonds. The van der Waals surface area contributed by atoms with E-state index in [0.717, 1.165) is 12.8 Å². The first-order valence-electron chi connectivity index (χ1n) is 5.72. The van der Waals surface area contributed by atoms with Crippen LogP contribution in [0.3, 0.4) is 0 Å². The van der Waals surface area contributed by atoms with Crippen LogP contribution in [0.25, 0.3) is 0 Å². The third-order valence-corrected chi connectivity index (χ3v) is 2.52. The first kappa shape index (κ1) is 14.4. The van der Waals surface area contributed by atoms with E-state index in [2.05, 4.69) is 20.8 Å². The van der Waals surface area contributed by atoms with Gasteiger partial charge in [-0.3, -0.25) is 4.79 Å². The van der Waals surface area contributed by atoms with E-state index in [1.54, 1.807) is 0 Å². The molecule has 2 N–H and O–H groups in total. The molecule has 0 aliphatic heterocycles. The number of carbonyl (C=O) groups is 1. The Labute approximate surface area is 93.4 Å². The third kappa shape index (κ3) is 5.78. The molecule has 0 heterocycles. The van der Waals surface area contributed by atoms with Gasteiger partial charge >= 0.3 is 5.97 Å². The number of hydrogen-bond acceptors (Lipinski definition) is 3.